The summed E-state index contributed by atoms with van der Waals surface area (Å²) in [6.45, 7) is 4.37. The lowest BCUT2D eigenvalue weighted by Crippen LogP contribution is -2.34. The average Bonchev–Trinajstić information content (AvgIpc) is 3.07. The first kappa shape index (κ1) is 21.7. The van der Waals surface area contributed by atoms with Crippen molar-refractivity contribution in [2.75, 3.05) is 13.7 Å². The first-order valence-electron chi connectivity index (χ1n) is 9.69. The maximum absolute atomic E-state index is 12.3. The second-order valence-electron chi connectivity index (χ2n) is 7.12. The SMILES string of the molecule is CC#CC[C@H](C)[C@H](O)C=CC1CCC(=O)N1CCc1ccc(C(=O)OC)cc1. The smallest absolute Gasteiger partial charge is 0.337 e. The highest BCUT2D eigenvalue weighted by Crippen LogP contribution is 2.21. The van der Waals surface area contributed by atoms with Crippen molar-refractivity contribution in [3.8, 4) is 11.8 Å². The molecule has 1 amide bonds. The van der Waals surface area contributed by atoms with Crippen LogP contribution < -0.4 is 0 Å². The normalized spacial score (nSPS) is 18.6. The minimum Gasteiger partial charge on any atom is -0.465 e. The molecule has 3 atom stereocenters. The summed E-state index contributed by atoms with van der Waals surface area (Å²) in [6, 6.07) is 7.26. The number of aliphatic hydroxyl groups excluding tert-OH is 1. The molecule has 0 saturated carbocycles. The third kappa shape index (κ3) is 5.97. The van der Waals surface area contributed by atoms with Gasteiger partial charge in [0.05, 0.1) is 24.8 Å². The minimum atomic E-state index is -0.565. The summed E-state index contributed by atoms with van der Waals surface area (Å²) in [5.74, 6) is 5.67. The number of carbonyl (C=O) groups excluding carboxylic acids is 2. The third-order valence-corrected chi connectivity index (χ3v) is 5.11. The van der Waals surface area contributed by atoms with Crippen LogP contribution in [0.2, 0.25) is 0 Å². The zero-order valence-electron chi connectivity index (χ0n) is 16.9. The second kappa shape index (κ2) is 10.7. The number of amides is 1. The van der Waals surface area contributed by atoms with Gasteiger partial charge in [-0.3, -0.25) is 4.79 Å². The second-order valence-corrected chi connectivity index (χ2v) is 7.12. The molecule has 0 aromatic heterocycles. The number of carbonyl (C=O) groups is 2. The molecule has 5 nitrogen and oxygen atoms in total. The number of esters is 1. The summed E-state index contributed by atoms with van der Waals surface area (Å²) >= 11 is 0. The fourth-order valence-corrected chi connectivity index (χ4v) is 3.24. The van der Waals surface area contributed by atoms with Gasteiger partial charge in [-0.2, -0.15) is 0 Å². The molecule has 1 N–H and O–H groups in total. The first-order chi connectivity index (χ1) is 13.5. The molecule has 1 unspecified atom stereocenters. The monoisotopic (exact) mass is 383 g/mol. The molecular weight excluding hydrogens is 354 g/mol. The van der Waals surface area contributed by atoms with E-state index >= 15 is 0 Å². The molecule has 2 rings (SSSR count). The quantitative estimate of drug-likeness (QED) is 0.426. The number of aliphatic hydroxyl groups is 1. The van der Waals surface area contributed by atoms with Gasteiger partial charge in [0.1, 0.15) is 0 Å². The van der Waals surface area contributed by atoms with Gasteiger partial charge in [0.2, 0.25) is 5.91 Å². The Labute approximate surface area is 167 Å². The molecule has 5 heteroatoms. The van der Waals surface area contributed by atoms with Crippen molar-refractivity contribution in [3.63, 3.8) is 0 Å². The number of hydrogen-bond donors (Lipinski definition) is 1. The van der Waals surface area contributed by atoms with Crippen LogP contribution in [0.1, 0.15) is 49.0 Å². The van der Waals surface area contributed by atoms with Crippen molar-refractivity contribution >= 4 is 11.9 Å². The van der Waals surface area contributed by atoms with Gasteiger partial charge in [0, 0.05) is 19.4 Å². The number of likely N-dealkylation sites (tertiary alicyclic amines) is 1. The van der Waals surface area contributed by atoms with E-state index in [-0.39, 0.29) is 23.8 Å². The van der Waals surface area contributed by atoms with E-state index < -0.39 is 6.10 Å². The Bertz CT molecular complexity index is 757. The summed E-state index contributed by atoms with van der Waals surface area (Å²) < 4.78 is 4.70. The van der Waals surface area contributed by atoms with Crippen molar-refractivity contribution in [2.24, 2.45) is 5.92 Å². The van der Waals surface area contributed by atoms with E-state index in [1.54, 1.807) is 25.1 Å². The molecule has 0 aliphatic carbocycles. The molecule has 0 radical (unpaired) electrons. The molecule has 1 aromatic rings. The Morgan fingerprint density at radius 1 is 1.39 bits per heavy atom. The van der Waals surface area contributed by atoms with Crippen LogP contribution in [0, 0.1) is 17.8 Å². The Morgan fingerprint density at radius 3 is 2.75 bits per heavy atom. The van der Waals surface area contributed by atoms with E-state index in [2.05, 4.69) is 11.8 Å². The third-order valence-electron chi connectivity index (χ3n) is 5.11. The lowest BCUT2D eigenvalue weighted by atomic mass is 10.00. The Kier molecular flexibility index (Phi) is 8.28. The number of ether oxygens (including phenoxy) is 1. The van der Waals surface area contributed by atoms with Crippen molar-refractivity contribution in [1.82, 2.24) is 4.90 Å². The molecule has 0 bridgehead atoms. The minimum absolute atomic E-state index is 0.0148. The predicted molar refractivity (Wildman–Crippen MR) is 109 cm³/mol. The first-order valence-corrected chi connectivity index (χ1v) is 9.69. The topological polar surface area (TPSA) is 66.8 Å². The van der Waals surface area contributed by atoms with E-state index in [4.69, 9.17) is 4.74 Å². The number of benzene rings is 1. The molecule has 1 aliphatic heterocycles. The maximum atomic E-state index is 12.3. The summed E-state index contributed by atoms with van der Waals surface area (Å²) in [5.41, 5.74) is 1.57. The maximum Gasteiger partial charge on any atom is 0.337 e. The molecular formula is C23H29NO4. The number of hydrogen-bond acceptors (Lipinski definition) is 4. The molecule has 1 heterocycles. The van der Waals surface area contributed by atoms with Crippen molar-refractivity contribution < 1.29 is 19.4 Å². The van der Waals surface area contributed by atoms with Crippen LogP contribution >= 0.6 is 0 Å². The van der Waals surface area contributed by atoms with Gasteiger partial charge in [-0.05, 0) is 43.4 Å². The summed E-state index contributed by atoms with van der Waals surface area (Å²) in [6.07, 6.45) is 5.84. The van der Waals surface area contributed by atoms with Crippen molar-refractivity contribution in [1.29, 1.82) is 0 Å². The molecule has 28 heavy (non-hydrogen) atoms. The highest BCUT2D eigenvalue weighted by Gasteiger charge is 2.28. The zero-order chi connectivity index (χ0) is 20.5. The molecule has 150 valence electrons. The van der Waals surface area contributed by atoms with Gasteiger partial charge in [0.25, 0.3) is 0 Å². The van der Waals surface area contributed by atoms with E-state index in [0.29, 0.717) is 31.4 Å². The number of nitrogens with zero attached hydrogens (tertiary/aromatic N) is 1. The number of rotatable bonds is 8. The lowest BCUT2D eigenvalue weighted by Gasteiger charge is -2.23. The van der Waals surface area contributed by atoms with Gasteiger partial charge >= 0.3 is 5.97 Å². The van der Waals surface area contributed by atoms with E-state index in [9.17, 15) is 14.7 Å². The molecule has 1 saturated heterocycles. The van der Waals surface area contributed by atoms with Crippen LogP contribution in [0.15, 0.2) is 36.4 Å². The fourth-order valence-electron chi connectivity index (χ4n) is 3.24. The number of methoxy groups -OCH3 is 1. The summed E-state index contributed by atoms with van der Waals surface area (Å²) in [7, 11) is 1.36. The highest BCUT2D eigenvalue weighted by molar-refractivity contribution is 5.89. The standard InChI is InChI=1S/C23H29NO4/c1-4-5-6-17(2)21(25)13-11-20-12-14-22(26)24(20)16-15-18-7-9-19(10-8-18)23(27)28-3/h7-11,13,17,20-21,25H,6,12,14-16H2,1-3H3/t17-,20?,21+/m0/s1. The molecule has 0 spiro atoms. The molecule has 1 fully saturated rings. The van der Waals surface area contributed by atoms with E-state index in [0.717, 1.165) is 12.0 Å². The summed E-state index contributed by atoms with van der Waals surface area (Å²) in [4.78, 5) is 25.6. The van der Waals surface area contributed by atoms with Crippen molar-refractivity contribution in [2.45, 2.75) is 51.7 Å². The van der Waals surface area contributed by atoms with E-state index in [1.165, 1.54) is 7.11 Å². The van der Waals surface area contributed by atoms with Crippen LogP contribution in [0.4, 0.5) is 0 Å². The van der Waals surface area contributed by atoms with E-state index in [1.807, 2.05) is 30.0 Å². The van der Waals surface area contributed by atoms with Crippen LogP contribution in [-0.4, -0.2) is 47.7 Å². The van der Waals surface area contributed by atoms with Crippen molar-refractivity contribution in [3.05, 3.63) is 47.5 Å². The van der Waals surface area contributed by atoms with Crippen LogP contribution in [0.5, 0.6) is 0 Å². The largest absolute Gasteiger partial charge is 0.465 e. The lowest BCUT2D eigenvalue weighted by molar-refractivity contribution is -0.128. The Morgan fingerprint density at radius 2 is 2.11 bits per heavy atom. The highest BCUT2D eigenvalue weighted by atomic mass is 16.5. The van der Waals surface area contributed by atoms with Crippen LogP contribution in [-0.2, 0) is 16.0 Å². The van der Waals surface area contributed by atoms with Crippen LogP contribution in [0.25, 0.3) is 0 Å². The Balaban J connectivity index is 1.93. The van der Waals surface area contributed by atoms with Gasteiger partial charge in [-0.1, -0.05) is 31.2 Å². The average molecular weight is 383 g/mol. The van der Waals surface area contributed by atoms with Crippen LogP contribution in [0.3, 0.4) is 0 Å². The zero-order valence-corrected chi connectivity index (χ0v) is 16.9. The van der Waals surface area contributed by atoms with Gasteiger partial charge in [0.15, 0.2) is 0 Å². The van der Waals surface area contributed by atoms with Gasteiger partial charge < -0.3 is 14.7 Å². The predicted octanol–water partition coefficient (Wildman–Crippen LogP) is 2.97. The molecule has 1 aliphatic rings. The summed E-state index contributed by atoms with van der Waals surface area (Å²) in [5, 5.41) is 10.3. The van der Waals surface area contributed by atoms with Gasteiger partial charge in [-0.15, -0.1) is 11.8 Å². The Hall–Kier alpha value is -2.58. The molecule has 1 aromatic carbocycles. The van der Waals surface area contributed by atoms with Gasteiger partial charge in [-0.25, -0.2) is 4.79 Å². The fraction of sp³-hybridized carbons (Fsp3) is 0.478.